The zero-order chi connectivity index (χ0) is 21.5. The number of benzene rings is 2. The number of nitrogens with zero attached hydrogens (tertiary/aromatic N) is 2. The van der Waals surface area contributed by atoms with Crippen molar-refractivity contribution in [2.75, 3.05) is 4.90 Å². The van der Waals surface area contributed by atoms with Crippen LogP contribution in [-0.4, -0.2) is 36.6 Å². The topological polar surface area (TPSA) is 74.8 Å². The van der Waals surface area contributed by atoms with Crippen LogP contribution in [-0.2, 0) is 19.6 Å². The second-order valence-corrected chi connectivity index (χ2v) is 10.1. The van der Waals surface area contributed by atoms with Gasteiger partial charge in [0.2, 0.25) is 15.9 Å². The summed E-state index contributed by atoms with van der Waals surface area (Å²) < 4.78 is 28.6. The number of imide groups is 1. The molecule has 1 saturated carbocycles. The summed E-state index contributed by atoms with van der Waals surface area (Å²) in [7, 11) is -4.17. The first-order valence-corrected chi connectivity index (χ1v) is 11.9. The van der Waals surface area contributed by atoms with E-state index in [1.54, 1.807) is 30.3 Å². The van der Waals surface area contributed by atoms with Gasteiger partial charge in [-0.25, -0.2) is 13.3 Å². The third kappa shape index (κ3) is 3.75. The van der Waals surface area contributed by atoms with Gasteiger partial charge < -0.3 is 0 Å². The van der Waals surface area contributed by atoms with Gasteiger partial charge in [0.15, 0.2) is 0 Å². The van der Waals surface area contributed by atoms with Gasteiger partial charge >= 0.3 is 0 Å². The Kier molecular flexibility index (Phi) is 5.90. The van der Waals surface area contributed by atoms with Gasteiger partial charge in [-0.15, -0.1) is 0 Å². The first kappa shape index (κ1) is 21.3. The Morgan fingerprint density at radius 3 is 2.30 bits per heavy atom. The summed E-state index contributed by atoms with van der Waals surface area (Å²) in [6.07, 6.45) is 2.76. The number of anilines is 1. The van der Waals surface area contributed by atoms with Crippen molar-refractivity contribution >= 4 is 50.7 Å². The Bertz CT molecular complexity index is 1090. The van der Waals surface area contributed by atoms with Crippen LogP contribution in [0.15, 0.2) is 53.4 Å². The second-order valence-electron chi connectivity index (χ2n) is 7.47. The van der Waals surface area contributed by atoms with Crippen molar-refractivity contribution in [2.45, 2.75) is 49.1 Å². The highest BCUT2D eigenvalue weighted by Crippen LogP contribution is 2.37. The number of sulfonamides is 1. The van der Waals surface area contributed by atoms with Crippen LogP contribution in [0.2, 0.25) is 10.0 Å². The van der Waals surface area contributed by atoms with Crippen LogP contribution in [0.5, 0.6) is 0 Å². The van der Waals surface area contributed by atoms with E-state index in [1.165, 1.54) is 22.5 Å². The summed E-state index contributed by atoms with van der Waals surface area (Å²) >= 11 is 12.2. The normalized spacial score (nSPS) is 20.5. The molecule has 2 aliphatic rings. The molecule has 1 atom stereocenters. The maximum absolute atomic E-state index is 13.7. The lowest BCUT2D eigenvalue weighted by molar-refractivity contribution is -0.122. The number of hydrogen-bond donors (Lipinski definition) is 0. The molecule has 2 aromatic rings. The van der Waals surface area contributed by atoms with E-state index in [0.717, 1.165) is 17.7 Å². The van der Waals surface area contributed by atoms with E-state index in [9.17, 15) is 18.0 Å². The first-order chi connectivity index (χ1) is 14.3. The fourth-order valence-electron chi connectivity index (χ4n) is 4.23. The second kappa shape index (κ2) is 8.30. The molecule has 4 rings (SSSR count). The third-order valence-electron chi connectivity index (χ3n) is 5.58. The summed E-state index contributed by atoms with van der Waals surface area (Å²) in [4.78, 5) is 26.9. The minimum absolute atomic E-state index is 0.0269. The van der Waals surface area contributed by atoms with Gasteiger partial charge in [0.1, 0.15) is 10.9 Å². The molecular formula is C21H20Cl2N2O4S. The lowest BCUT2D eigenvalue weighted by Gasteiger charge is -2.32. The number of hydrogen-bond acceptors (Lipinski definition) is 4. The maximum Gasteiger partial charge on any atom is 0.252 e. The molecule has 0 N–H and O–H groups in total. The molecule has 1 saturated heterocycles. The number of carbonyl (C=O) groups excluding carboxylic acids is 2. The molecule has 2 amide bonds. The van der Waals surface area contributed by atoms with Gasteiger partial charge in [-0.05, 0) is 43.2 Å². The van der Waals surface area contributed by atoms with E-state index in [1.807, 2.05) is 0 Å². The molecular weight excluding hydrogens is 447 g/mol. The standard InChI is InChI=1S/C21H20Cl2N2O4S/c22-14-10-11-17(23)19(12-14)30(28,29)25(16-8-4-5-9-16)18-13-20(26)24(21(18)27)15-6-2-1-3-7-15/h1-3,6-7,10-12,16,18H,4-5,8-9,13H2. The quantitative estimate of drug-likeness (QED) is 0.616. The van der Waals surface area contributed by atoms with E-state index in [2.05, 4.69) is 0 Å². The van der Waals surface area contributed by atoms with Crippen LogP contribution in [0, 0.1) is 0 Å². The fraction of sp³-hybridized carbons (Fsp3) is 0.333. The number of rotatable bonds is 5. The Labute approximate surface area is 185 Å². The van der Waals surface area contributed by atoms with Crippen LogP contribution >= 0.6 is 23.2 Å². The van der Waals surface area contributed by atoms with Gasteiger partial charge in [0.25, 0.3) is 5.91 Å². The molecule has 30 heavy (non-hydrogen) atoms. The Morgan fingerprint density at radius 1 is 0.967 bits per heavy atom. The van der Waals surface area contributed by atoms with Gasteiger partial charge in [-0.1, -0.05) is 54.2 Å². The summed E-state index contributed by atoms with van der Waals surface area (Å²) in [6.45, 7) is 0. The van der Waals surface area contributed by atoms with Crippen molar-refractivity contribution in [1.29, 1.82) is 0 Å². The van der Waals surface area contributed by atoms with Gasteiger partial charge in [-0.3, -0.25) is 9.59 Å². The average molecular weight is 467 g/mol. The zero-order valence-corrected chi connectivity index (χ0v) is 18.3. The molecule has 1 aliphatic heterocycles. The molecule has 1 heterocycles. The molecule has 0 spiro atoms. The Balaban J connectivity index is 1.78. The molecule has 0 radical (unpaired) electrons. The monoisotopic (exact) mass is 466 g/mol. The Hall–Kier alpha value is -1.93. The smallest absolute Gasteiger partial charge is 0.252 e. The van der Waals surface area contributed by atoms with E-state index in [0.29, 0.717) is 18.5 Å². The minimum atomic E-state index is -4.17. The summed E-state index contributed by atoms with van der Waals surface area (Å²) in [5.74, 6) is -0.966. The predicted molar refractivity (Wildman–Crippen MR) is 115 cm³/mol. The third-order valence-corrected chi connectivity index (χ3v) is 8.26. The maximum atomic E-state index is 13.7. The van der Waals surface area contributed by atoms with Crippen molar-refractivity contribution in [2.24, 2.45) is 0 Å². The summed E-state index contributed by atoms with van der Waals surface area (Å²) in [5, 5.41) is 0.253. The van der Waals surface area contributed by atoms with Crippen LogP contribution in [0.3, 0.4) is 0 Å². The van der Waals surface area contributed by atoms with Crippen molar-refractivity contribution in [1.82, 2.24) is 4.31 Å². The predicted octanol–water partition coefficient (Wildman–Crippen LogP) is 4.26. The molecule has 0 aromatic heterocycles. The minimum Gasteiger partial charge on any atom is -0.274 e. The highest BCUT2D eigenvalue weighted by atomic mass is 35.5. The Morgan fingerprint density at radius 2 is 1.63 bits per heavy atom. The van der Waals surface area contributed by atoms with E-state index in [-0.39, 0.29) is 27.4 Å². The van der Waals surface area contributed by atoms with Crippen molar-refractivity contribution < 1.29 is 18.0 Å². The van der Waals surface area contributed by atoms with E-state index < -0.39 is 27.9 Å². The molecule has 2 fully saturated rings. The SMILES string of the molecule is O=C1CC(N(C2CCCC2)S(=O)(=O)c2cc(Cl)ccc2Cl)C(=O)N1c1ccccc1. The van der Waals surface area contributed by atoms with Crippen LogP contribution < -0.4 is 4.90 Å². The van der Waals surface area contributed by atoms with Crippen molar-refractivity contribution in [3.8, 4) is 0 Å². The van der Waals surface area contributed by atoms with Crippen LogP contribution in [0.1, 0.15) is 32.1 Å². The number of amides is 2. The van der Waals surface area contributed by atoms with Gasteiger partial charge in [-0.2, -0.15) is 4.31 Å². The molecule has 1 unspecified atom stereocenters. The first-order valence-electron chi connectivity index (χ1n) is 9.71. The van der Waals surface area contributed by atoms with E-state index in [4.69, 9.17) is 23.2 Å². The van der Waals surface area contributed by atoms with Crippen molar-refractivity contribution in [3.63, 3.8) is 0 Å². The number of halogens is 2. The average Bonchev–Trinajstić information content (AvgIpc) is 3.33. The van der Waals surface area contributed by atoms with Gasteiger partial charge in [0, 0.05) is 11.1 Å². The van der Waals surface area contributed by atoms with E-state index >= 15 is 0 Å². The number of para-hydroxylation sites is 1. The molecule has 6 nitrogen and oxygen atoms in total. The highest BCUT2D eigenvalue weighted by Gasteiger charge is 2.50. The molecule has 2 aromatic carbocycles. The largest absolute Gasteiger partial charge is 0.274 e. The molecule has 158 valence electrons. The zero-order valence-electron chi connectivity index (χ0n) is 16.0. The summed E-state index contributed by atoms with van der Waals surface area (Å²) in [6, 6.07) is 11.3. The molecule has 0 bridgehead atoms. The van der Waals surface area contributed by atoms with Crippen molar-refractivity contribution in [3.05, 3.63) is 58.6 Å². The summed E-state index contributed by atoms with van der Waals surface area (Å²) in [5.41, 5.74) is 0.430. The lowest BCUT2D eigenvalue weighted by atomic mass is 10.2. The molecule has 1 aliphatic carbocycles. The van der Waals surface area contributed by atoms with Gasteiger partial charge in [0.05, 0.1) is 17.1 Å². The molecule has 9 heteroatoms. The van der Waals surface area contributed by atoms with Crippen LogP contribution in [0.25, 0.3) is 0 Å². The van der Waals surface area contributed by atoms with Crippen LogP contribution in [0.4, 0.5) is 5.69 Å². The highest BCUT2D eigenvalue weighted by molar-refractivity contribution is 7.89. The fourth-order valence-corrected chi connectivity index (χ4v) is 6.80. The lowest BCUT2D eigenvalue weighted by Crippen LogP contribution is -2.49. The number of carbonyl (C=O) groups is 2.